The van der Waals surface area contributed by atoms with E-state index in [9.17, 15) is 19.2 Å². The van der Waals surface area contributed by atoms with Crippen molar-refractivity contribution in [3.63, 3.8) is 0 Å². The average molecular weight is 700 g/mol. The molecule has 40 heavy (non-hydrogen) atoms. The lowest BCUT2D eigenvalue weighted by Crippen LogP contribution is -2.67. The first kappa shape index (κ1) is 30.5. The fraction of sp³-hybridized carbons (Fsp3) is 0.538. The molecule has 1 aromatic carbocycles. The summed E-state index contributed by atoms with van der Waals surface area (Å²) >= 11 is 8.63. The van der Waals surface area contributed by atoms with Crippen LogP contribution in [0.25, 0.3) is 0 Å². The standard InChI is InChI=1S/C26H32Br2N6O5S/c1-14(2)19(21(36)29-16(22(37)39-5)11-15-9-7-6-8-10-15)30-20(35)17-12-33(32-31-17)13-18-25(3,4)40-24-26(27,28)23(38)34(18)24/h6-10,12,14,16,18-19,24H,11,13H2,1-5H3,(H,29,36)(H,30,35)/t16-,18-,19-,24+/m0/s1. The van der Waals surface area contributed by atoms with Gasteiger partial charge >= 0.3 is 5.97 Å². The number of hydrogen-bond donors (Lipinski definition) is 2. The van der Waals surface area contributed by atoms with Gasteiger partial charge in [0.05, 0.1) is 25.9 Å². The smallest absolute Gasteiger partial charge is 0.328 e. The number of amides is 3. The van der Waals surface area contributed by atoms with Crippen LogP contribution in [0.1, 0.15) is 43.7 Å². The molecular formula is C26H32Br2N6O5S. The number of alkyl halides is 2. The van der Waals surface area contributed by atoms with E-state index < -0.39 is 33.1 Å². The number of aromatic nitrogens is 3. The summed E-state index contributed by atoms with van der Waals surface area (Å²) < 4.78 is 5.40. The van der Waals surface area contributed by atoms with Crippen LogP contribution in [0.2, 0.25) is 0 Å². The largest absolute Gasteiger partial charge is 0.467 e. The number of hydrogen-bond acceptors (Lipinski definition) is 8. The lowest BCUT2D eigenvalue weighted by Gasteiger charge is -2.47. The minimum absolute atomic E-state index is 0.0394. The Morgan fingerprint density at radius 1 is 1.15 bits per heavy atom. The van der Waals surface area contributed by atoms with E-state index in [0.29, 0.717) is 6.54 Å². The highest BCUT2D eigenvalue weighted by molar-refractivity contribution is 9.26. The second-order valence-corrected chi connectivity index (χ2v) is 16.0. The van der Waals surface area contributed by atoms with Crippen molar-refractivity contribution in [2.24, 2.45) is 5.92 Å². The van der Waals surface area contributed by atoms with Crippen LogP contribution in [-0.4, -0.2) is 82.2 Å². The van der Waals surface area contributed by atoms with Crippen LogP contribution in [0, 0.1) is 5.92 Å². The van der Waals surface area contributed by atoms with E-state index in [1.807, 2.05) is 35.2 Å². The number of esters is 1. The highest BCUT2D eigenvalue weighted by atomic mass is 79.9. The van der Waals surface area contributed by atoms with Gasteiger partial charge in [0.25, 0.3) is 11.8 Å². The minimum Gasteiger partial charge on any atom is -0.467 e. The van der Waals surface area contributed by atoms with Gasteiger partial charge in [0, 0.05) is 11.2 Å². The van der Waals surface area contributed by atoms with Crippen LogP contribution in [-0.2, 0) is 32.1 Å². The molecule has 3 heterocycles. The molecule has 0 unspecified atom stereocenters. The lowest BCUT2D eigenvalue weighted by atomic mass is 9.98. The predicted molar refractivity (Wildman–Crippen MR) is 157 cm³/mol. The summed E-state index contributed by atoms with van der Waals surface area (Å²) in [5.74, 6) is -2.00. The first-order valence-electron chi connectivity index (χ1n) is 12.8. The van der Waals surface area contributed by atoms with Crippen molar-refractivity contribution >= 4 is 67.3 Å². The van der Waals surface area contributed by atoms with Gasteiger partial charge in [-0.3, -0.25) is 14.4 Å². The first-order valence-corrected chi connectivity index (χ1v) is 15.2. The van der Waals surface area contributed by atoms with E-state index in [4.69, 9.17) is 4.74 Å². The summed E-state index contributed by atoms with van der Waals surface area (Å²) in [6.45, 7) is 8.08. The number of nitrogens with one attached hydrogen (secondary N) is 2. The van der Waals surface area contributed by atoms with Gasteiger partial charge in [0.1, 0.15) is 17.5 Å². The van der Waals surface area contributed by atoms with Crippen molar-refractivity contribution in [3.8, 4) is 0 Å². The lowest BCUT2D eigenvalue weighted by molar-refractivity contribution is -0.145. The zero-order valence-electron chi connectivity index (χ0n) is 22.8. The zero-order chi connectivity index (χ0) is 29.4. The van der Waals surface area contributed by atoms with Crippen molar-refractivity contribution in [2.45, 2.75) is 72.1 Å². The highest BCUT2D eigenvalue weighted by Crippen LogP contribution is 2.60. The second-order valence-electron chi connectivity index (χ2n) is 10.7. The summed E-state index contributed by atoms with van der Waals surface area (Å²) in [5.41, 5.74) is 0.894. The summed E-state index contributed by atoms with van der Waals surface area (Å²) in [5, 5.41) is 13.5. The third-order valence-electron chi connectivity index (χ3n) is 7.09. The maximum Gasteiger partial charge on any atom is 0.328 e. The van der Waals surface area contributed by atoms with Gasteiger partial charge in [-0.05, 0) is 25.3 Å². The number of benzene rings is 1. The second kappa shape index (κ2) is 11.8. The normalized spacial score (nSPS) is 22.2. The number of rotatable bonds is 10. The van der Waals surface area contributed by atoms with Crippen LogP contribution in [0.4, 0.5) is 0 Å². The van der Waals surface area contributed by atoms with E-state index in [2.05, 4.69) is 66.7 Å². The third-order valence-corrected chi connectivity index (χ3v) is 10.9. The van der Waals surface area contributed by atoms with Crippen molar-refractivity contribution in [1.29, 1.82) is 0 Å². The van der Waals surface area contributed by atoms with Gasteiger partial charge in [-0.15, -0.1) is 16.9 Å². The maximum absolute atomic E-state index is 13.2. The first-order chi connectivity index (χ1) is 18.8. The van der Waals surface area contributed by atoms with Crippen molar-refractivity contribution in [2.75, 3.05) is 7.11 Å². The molecule has 2 saturated heterocycles. The zero-order valence-corrected chi connectivity index (χ0v) is 26.7. The number of fused-ring (bicyclic) bond motifs is 1. The molecule has 2 fully saturated rings. The number of carbonyl (C=O) groups is 4. The van der Waals surface area contributed by atoms with E-state index in [1.165, 1.54) is 18.0 Å². The Hall–Kier alpha value is -2.45. The van der Waals surface area contributed by atoms with Crippen molar-refractivity contribution in [3.05, 3.63) is 47.8 Å². The Morgan fingerprint density at radius 3 is 2.45 bits per heavy atom. The molecule has 3 amide bonds. The topological polar surface area (TPSA) is 136 Å². The molecule has 216 valence electrons. The van der Waals surface area contributed by atoms with Gasteiger partial charge in [-0.1, -0.05) is 81.3 Å². The fourth-order valence-electron chi connectivity index (χ4n) is 4.80. The van der Waals surface area contributed by atoms with Gasteiger partial charge in [-0.25, -0.2) is 9.48 Å². The average Bonchev–Trinajstić information content (AvgIpc) is 3.48. The number of halogens is 2. The molecule has 4 rings (SSSR count). The number of β-lactam (4-membered cyclic amide) rings is 1. The molecule has 0 spiro atoms. The minimum atomic E-state index is -0.934. The van der Waals surface area contributed by atoms with Gasteiger partial charge in [0.15, 0.2) is 8.93 Å². The molecule has 1 aromatic heterocycles. The third kappa shape index (κ3) is 6.08. The summed E-state index contributed by atoms with van der Waals surface area (Å²) in [7, 11) is 1.26. The van der Waals surface area contributed by atoms with Crippen LogP contribution in [0.3, 0.4) is 0 Å². The monoisotopic (exact) mass is 698 g/mol. The Labute approximate surface area is 253 Å². The predicted octanol–water partition coefficient (Wildman–Crippen LogP) is 2.48. The Bertz CT molecular complexity index is 1290. The van der Waals surface area contributed by atoms with Crippen LogP contribution in [0.15, 0.2) is 36.5 Å². The number of thioether (sulfide) groups is 1. The molecule has 0 saturated carbocycles. The number of ether oxygens (including phenoxy) is 1. The number of methoxy groups -OCH3 is 1. The van der Waals surface area contributed by atoms with E-state index in [1.54, 1.807) is 25.6 Å². The molecule has 2 N–H and O–H groups in total. The summed E-state index contributed by atoms with van der Waals surface area (Å²) in [6.07, 6.45) is 1.75. The maximum atomic E-state index is 13.2. The Kier molecular flexibility index (Phi) is 9.00. The highest BCUT2D eigenvalue weighted by Gasteiger charge is 2.68. The van der Waals surface area contributed by atoms with Crippen molar-refractivity contribution < 1.29 is 23.9 Å². The van der Waals surface area contributed by atoms with Crippen LogP contribution in [0.5, 0.6) is 0 Å². The molecular weight excluding hydrogens is 668 g/mol. The SMILES string of the molecule is COC(=O)[C@H](Cc1ccccc1)NC(=O)[C@@H](NC(=O)c1cn(C[C@@H]2N3C(=O)C(Br)(Br)[C@H]3SC2(C)C)nn1)C(C)C. The van der Waals surface area contributed by atoms with Gasteiger partial charge in [0.2, 0.25) is 5.91 Å². The molecule has 4 atom stereocenters. The van der Waals surface area contributed by atoms with E-state index in [-0.39, 0.29) is 40.1 Å². The van der Waals surface area contributed by atoms with Crippen LogP contribution < -0.4 is 10.6 Å². The molecule has 0 bridgehead atoms. The molecule has 2 aromatic rings. The van der Waals surface area contributed by atoms with Gasteiger partial charge < -0.3 is 20.3 Å². The summed E-state index contributed by atoms with van der Waals surface area (Å²) in [6, 6.07) is 7.25. The number of carbonyl (C=O) groups excluding carboxylic acids is 4. The molecule has 0 aliphatic carbocycles. The quantitative estimate of drug-likeness (QED) is 0.220. The molecule has 11 nitrogen and oxygen atoms in total. The fourth-order valence-corrected chi connectivity index (χ4v) is 7.74. The van der Waals surface area contributed by atoms with Crippen molar-refractivity contribution in [1.82, 2.24) is 30.5 Å². The van der Waals surface area contributed by atoms with Crippen LogP contribution >= 0.6 is 43.6 Å². The number of nitrogens with zero attached hydrogens (tertiary/aromatic N) is 4. The molecule has 2 aliphatic rings. The molecule has 2 aliphatic heterocycles. The van der Waals surface area contributed by atoms with E-state index >= 15 is 0 Å². The molecule has 14 heteroatoms. The molecule has 0 radical (unpaired) electrons. The van der Waals surface area contributed by atoms with E-state index in [0.717, 1.165) is 5.56 Å². The van der Waals surface area contributed by atoms with Gasteiger partial charge in [-0.2, -0.15) is 0 Å². The Balaban J connectivity index is 1.42. The Morgan fingerprint density at radius 2 is 1.82 bits per heavy atom. The summed E-state index contributed by atoms with van der Waals surface area (Å²) in [4.78, 5) is 53.2.